The molecular weight excluding hydrogens is 172 g/mol. The highest BCUT2D eigenvalue weighted by Gasteiger charge is 1.94. The SMILES string of the molecule is Clc1c[c]c(-n2cccn2)cc1. The van der Waals surface area contributed by atoms with Crippen LogP contribution in [-0.2, 0) is 0 Å². The van der Waals surface area contributed by atoms with E-state index in [9.17, 15) is 0 Å². The molecule has 0 aliphatic carbocycles. The van der Waals surface area contributed by atoms with Gasteiger partial charge in [-0.25, -0.2) is 4.68 Å². The van der Waals surface area contributed by atoms with Crippen molar-refractivity contribution in [3.63, 3.8) is 0 Å². The Bertz CT molecular complexity index is 351. The molecule has 0 N–H and O–H groups in total. The molecule has 0 amide bonds. The Kier molecular flexibility index (Phi) is 1.84. The summed E-state index contributed by atoms with van der Waals surface area (Å²) in [5.41, 5.74) is 0.893. The average Bonchev–Trinajstić information content (AvgIpc) is 2.58. The Morgan fingerprint density at radius 3 is 2.92 bits per heavy atom. The summed E-state index contributed by atoms with van der Waals surface area (Å²) in [6, 6.07) is 10.3. The quantitative estimate of drug-likeness (QED) is 0.654. The lowest BCUT2D eigenvalue weighted by Crippen LogP contribution is -1.92. The molecule has 59 valence electrons. The zero-order valence-corrected chi connectivity index (χ0v) is 6.99. The molecule has 1 heterocycles. The van der Waals surface area contributed by atoms with E-state index in [-0.39, 0.29) is 0 Å². The van der Waals surface area contributed by atoms with Gasteiger partial charge in [-0.05, 0) is 24.3 Å². The molecule has 0 saturated carbocycles. The van der Waals surface area contributed by atoms with E-state index < -0.39 is 0 Å². The van der Waals surface area contributed by atoms with Crippen LogP contribution in [0.25, 0.3) is 5.69 Å². The van der Waals surface area contributed by atoms with Crippen LogP contribution in [0.1, 0.15) is 0 Å². The second kappa shape index (κ2) is 2.99. The third-order valence-electron chi connectivity index (χ3n) is 1.51. The maximum absolute atomic E-state index is 5.71. The van der Waals surface area contributed by atoms with Crippen LogP contribution in [-0.4, -0.2) is 9.78 Å². The minimum absolute atomic E-state index is 0.686. The molecule has 0 aliphatic rings. The van der Waals surface area contributed by atoms with Gasteiger partial charge in [-0.1, -0.05) is 11.6 Å². The number of hydrogen-bond donors (Lipinski definition) is 0. The molecular formula is C9H6ClN2. The highest BCUT2D eigenvalue weighted by atomic mass is 35.5. The van der Waals surface area contributed by atoms with Gasteiger partial charge < -0.3 is 0 Å². The van der Waals surface area contributed by atoms with E-state index in [2.05, 4.69) is 11.2 Å². The maximum atomic E-state index is 5.71. The van der Waals surface area contributed by atoms with E-state index >= 15 is 0 Å². The van der Waals surface area contributed by atoms with Crippen molar-refractivity contribution in [3.05, 3.63) is 47.7 Å². The fraction of sp³-hybridized carbons (Fsp3) is 0. The van der Waals surface area contributed by atoms with E-state index in [4.69, 9.17) is 11.6 Å². The predicted octanol–water partition coefficient (Wildman–Crippen LogP) is 2.33. The Labute approximate surface area is 75.4 Å². The first-order valence-electron chi connectivity index (χ1n) is 3.53. The number of halogens is 1. The van der Waals surface area contributed by atoms with Crippen LogP contribution in [0.5, 0.6) is 0 Å². The molecule has 2 rings (SSSR count). The summed E-state index contributed by atoms with van der Waals surface area (Å²) in [6.07, 6.45) is 3.59. The summed E-state index contributed by atoms with van der Waals surface area (Å²) in [6.45, 7) is 0. The van der Waals surface area contributed by atoms with Crippen molar-refractivity contribution in [2.75, 3.05) is 0 Å². The number of nitrogens with zero attached hydrogens (tertiary/aromatic N) is 2. The van der Waals surface area contributed by atoms with E-state index in [0.29, 0.717) is 5.02 Å². The molecule has 0 fully saturated rings. The summed E-state index contributed by atoms with van der Waals surface area (Å²) in [5, 5.41) is 4.74. The standard InChI is InChI=1S/C9H6ClN2/c10-8-2-4-9(5-3-8)12-7-1-6-11-12/h1-4,6-7H. The fourth-order valence-electron chi connectivity index (χ4n) is 0.951. The molecule has 1 aromatic carbocycles. The second-order valence-corrected chi connectivity index (χ2v) is 2.78. The molecule has 1 aromatic heterocycles. The molecule has 2 nitrogen and oxygen atoms in total. The van der Waals surface area contributed by atoms with Crippen LogP contribution in [0.15, 0.2) is 36.7 Å². The van der Waals surface area contributed by atoms with E-state index in [0.717, 1.165) is 5.69 Å². The van der Waals surface area contributed by atoms with Gasteiger partial charge in [0.1, 0.15) is 0 Å². The molecule has 12 heavy (non-hydrogen) atoms. The summed E-state index contributed by atoms with van der Waals surface area (Å²) in [5.74, 6) is 0. The number of benzene rings is 1. The van der Waals surface area contributed by atoms with Gasteiger partial charge >= 0.3 is 0 Å². The maximum Gasteiger partial charge on any atom is 0.0725 e. The second-order valence-electron chi connectivity index (χ2n) is 2.34. The van der Waals surface area contributed by atoms with E-state index in [1.165, 1.54) is 0 Å². The van der Waals surface area contributed by atoms with Gasteiger partial charge in [-0.3, -0.25) is 0 Å². The molecule has 0 unspecified atom stereocenters. The predicted molar refractivity (Wildman–Crippen MR) is 47.4 cm³/mol. The molecule has 3 heteroatoms. The first kappa shape index (κ1) is 7.37. The van der Waals surface area contributed by atoms with Crippen molar-refractivity contribution in [2.45, 2.75) is 0 Å². The van der Waals surface area contributed by atoms with Gasteiger partial charge in [0, 0.05) is 23.5 Å². The van der Waals surface area contributed by atoms with Gasteiger partial charge in [-0.2, -0.15) is 5.10 Å². The molecule has 0 saturated heterocycles. The minimum atomic E-state index is 0.686. The molecule has 2 aromatic rings. The molecule has 0 aliphatic heterocycles. The third-order valence-corrected chi connectivity index (χ3v) is 1.74. The van der Waals surface area contributed by atoms with E-state index in [1.54, 1.807) is 16.9 Å². The van der Waals surface area contributed by atoms with Crippen LogP contribution in [0, 0.1) is 6.07 Å². The molecule has 0 atom stereocenters. The monoisotopic (exact) mass is 177 g/mol. The summed E-state index contributed by atoms with van der Waals surface area (Å²) < 4.78 is 1.73. The fourth-order valence-corrected chi connectivity index (χ4v) is 1.07. The third kappa shape index (κ3) is 1.34. The lowest BCUT2D eigenvalue weighted by atomic mass is 10.3. The van der Waals surface area contributed by atoms with Crippen molar-refractivity contribution in [2.24, 2.45) is 0 Å². The Morgan fingerprint density at radius 1 is 1.42 bits per heavy atom. The number of aromatic nitrogens is 2. The summed E-state index contributed by atoms with van der Waals surface area (Å²) in [4.78, 5) is 0. The first-order chi connectivity index (χ1) is 5.86. The van der Waals surface area contributed by atoms with Crippen molar-refractivity contribution < 1.29 is 0 Å². The number of hydrogen-bond acceptors (Lipinski definition) is 1. The van der Waals surface area contributed by atoms with Crippen molar-refractivity contribution >= 4 is 11.6 Å². The smallest absolute Gasteiger partial charge is 0.0725 e. The molecule has 0 spiro atoms. The van der Waals surface area contributed by atoms with Gasteiger partial charge in [0.05, 0.1) is 5.69 Å². The summed E-state index contributed by atoms with van der Waals surface area (Å²) >= 11 is 5.71. The summed E-state index contributed by atoms with van der Waals surface area (Å²) in [7, 11) is 0. The highest BCUT2D eigenvalue weighted by Crippen LogP contribution is 2.11. The first-order valence-corrected chi connectivity index (χ1v) is 3.91. The largest absolute Gasteiger partial charge is 0.240 e. The van der Waals surface area contributed by atoms with Crippen molar-refractivity contribution in [3.8, 4) is 5.69 Å². The minimum Gasteiger partial charge on any atom is -0.240 e. The Morgan fingerprint density at radius 2 is 2.33 bits per heavy atom. The Hall–Kier alpha value is -1.28. The topological polar surface area (TPSA) is 17.8 Å². The Balaban J connectivity index is 2.43. The highest BCUT2D eigenvalue weighted by molar-refractivity contribution is 6.30. The normalized spacial score (nSPS) is 10.1. The lowest BCUT2D eigenvalue weighted by molar-refractivity contribution is 0.879. The number of rotatable bonds is 1. The van der Waals surface area contributed by atoms with Gasteiger partial charge in [0.25, 0.3) is 0 Å². The van der Waals surface area contributed by atoms with Crippen molar-refractivity contribution in [1.29, 1.82) is 0 Å². The van der Waals surface area contributed by atoms with Gasteiger partial charge in [0.15, 0.2) is 0 Å². The zero-order chi connectivity index (χ0) is 8.39. The van der Waals surface area contributed by atoms with Gasteiger partial charge in [-0.15, -0.1) is 0 Å². The van der Waals surface area contributed by atoms with Crippen LogP contribution < -0.4 is 0 Å². The van der Waals surface area contributed by atoms with Gasteiger partial charge in [0.2, 0.25) is 0 Å². The lowest BCUT2D eigenvalue weighted by Gasteiger charge is -1.98. The van der Waals surface area contributed by atoms with Crippen molar-refractivity contribution in [1.82, 2.24) is 9.78 Å². The average molecular weight is 178 g/mol. The molecule has 1 radical (unpaired) electrons. The van der Waals surface area contributed by atoms with Crippen LogP contribution in [0.3, 0.4) is 0 Å². The molecule has 0 bridgehead atoms. The van der Waals surface area contributed by atoms with Crippen LogP contribution >= 0.6 is 11.6 Å². The van der Waals surface area contributed by atoms with Crippen LogP contribution in [0.4, 0.5) is 0 Å². The van der Waals surface area contributed by atoms with Crippen LogP contribution in [0.2, 0.25) is 5.02 Å². The zero-order valence-electron chi connectivity index (χ0n) is 6.24. The van der Waals surface area contributed by atoms with E-state index in [1.807, 2.05) is 24.4 Å².